The zero-order valence-corrected chi connectivity index (χ0v) is 13.9. The summed E-state index contributed by atoms with van der Waals surface area (Å²) in [6.07, 6.45) is 1.23. The Kier molecular flexibility index (Phi) is 7.05. The van der Waals surface area contributed by atoms with Crippen molar-refractivity contribution in [3.8, 4) is 0 Å². The zero-order valence-electron chi connectivity index (χ0n) is 13.0. The van der Waals surface area contributed by atoms with Crippen molar-refractivity contribution >= 4 is 15.9 Å². The highest BCUT2D eigenvalue weighted by atomic mass is 32.2. The molecule has 124 valence electrons. The molecule has 8 heteroatoms. The van der Waals surface area contributed by atoms with Crippen molar-refractivity contribution in [2.45, 2.75) is 38.8 Å². The zero-order chi connectivity index (χ0) is 16.0. The van der Waals surface area contributed by atoms with Crippen LogP contribution in [-0.4, -0.2) is 63.3 Å². The molecule has 1 heterocycles. The largest absolute Gasteiger partial charge is 0.383 e. The first kappa shape index (κ1) is 18.3. The van der Waals surface area contributed by atoms with Gasteiger partial charge in [-0.15, -0.1) is 0 Å². The van der Waals surface area contributed by atoms with E-state index in [4.69, 9.17) is 10.5 Å². The fourth-order valence-corrected chi connectivity index (χ4v) is 4.19. The molecule has 1 rings (SSSR count). The van der Waals surface area contributed by atoms with E-state index in [-0.39, 0.29) is 30.2 Å². The van der Waals surface area contributed by atoms with E-state index in [2.05, 4.69) is 5.32 Å². The first-order valence-electron chi connectivity index (χ1n) is 7.29. The summed E-state index contributed by atoms with van der Waals surface area (Å²) < 4.78 is 30.6. The van der Waals surface area contributed by atoms with Gasteiger partial charge in [0.25, 0.3) is 0 Å². The summed E-state index contributed by atoms with van der Waals surface area (Å²) in [6, 6.07) is -0.705. The van der Waals surface area contributed by atoms with Crippen molar-refractivity contribution in [1.82, 2.24) is 9.62 Å². The molecule has 0 aromatic heterocycles. The van der Waals surface area contributed by atoms with Crippen LogP contribution in [0, 0.1) is 5.92 Å². The first-order chi connectivity index (χ1) is 9.76. The maximum atomic E-state index is 12.1. The minimum absolute atomic E-state index is 0.0223. The van der Waals surface area contributed by atoms with Crippen LogP contribution in [0.5, 0.6) is 0 Å². The number of nitrogens with two attached hydrogens (primary N) is 1. The molecule has 1 unspecified atom stereocenters. The lowest BCUT2D eigenvalue weighted by Crippen LogP contribution is -2.51. The van der Waals surface area contributed by atoms with Crippen LogP contribution in [0.15, 0.2) is 0 Å². The molecular weight excluding hydrogens is 294 g/mol. The third kappa shape index (κ3) is 5.90. The van der Waals surface area contributed by atoms with E-state index in [0.29, 0.717) is 25.9 Å². The maximum Gasteiger partial charge on any atom is 0.239 e. The maximum absolute atomic E-state index is 12.1. The Balaban J connectivity index is 2.44. The molecule has 1 aliphatic heterocycles. The monoisotopic (exact) mass is 321 g/mol. The van der Waals surface area contributed by atoms with Gasteiger partial charge in [-0.3, -0.25) is 4.79 Å². The third-order valence-corrected chi connectivity index (χ3v) is 5.66. The summed E-state index contributed by atoms with van der Waals surface area (Å²) in [4.78, 5) is 11.8. The molecule has 0 saturated carbocycles. The summed E-state index contributed by atoms with van der Waals surface area (Å²) in [5.41, 5.74) is 5.65. The summed E-state index contributed by atoms with van der Waals surface area (Å²) in [5, 5.41) is 2.85. The molecule has 7 nitrogen and oxygen atoms in total. The van der Waals surface area contributed by atoms with Gasteiger partial charge in [0.1, 0.15) is 6.04 Å². The van der Waals surface area contributed by atoms with Gasteiger partial charge in [0, 0.05) is 26.2 Å². The molecule has 0 aromatic rings. The average Bonchev–Trinajstić information content (AvgIpc) is 2.38. The van der Waals surface area contributed by atoms with Gasteiger partial charge in [0.15, 0.2) is 0 Å². The Hall–Kier alpha value is -0.700. The van der Waals surface area contributed by atoms with Crippen LogP contribution < -0.4 is 11.1 Å². The Morgan fingerprint density at radius 3 is 2.43 bits per heavy atom. The quantitative estimate of drug-likeness (QED) is 0.660. The molecule has 1 atom stereocenters. The molecule has 1 fully saturated rings. The molecule has 21 heavy (non-hydrogen) atoms. The van der Waals surface area contributed by atoms with Gasteiger partial charge in [-0.25, -0.2) is 12.7 Å². The second-order valence-electron chi connectivity index (χ2n) is 5.92. The van der Waals surface area contributed by atoms with Crippen LogP contribution in [0.1, 0.15) is 26.7 Å². The Bertz CT molecular complexity index is 431. The van der Waals surface area contributed by atoms with E-state index in [1.807, 2.05) is 13.8 Å². The highest BCUT2D eigenvalue weighted by Crippen LogP contribution is 2.16. The second kappa shape index (κ2) is 8.07. The fraction of sp³-hybridized carbons (Fsp3) is 0.923. The second-order valence-corrected chi connectivity index (χ2v) is 7.93. The van der Waals surface area contributed by atoms with Gasteiger partial charge < -0.3 is 15.8 Å². The van der Waals surface area contributed by atoms with E-state index in [9.17, 15) is 13.2 Å². The number of ether oxygens (including phenoxy) is 1. The van der Waals surface area contributed by atoms with Crippen molar-refractivity contribution in [1.29, 1.82) is 0 Å². The first-order valence-corrected chi connectivity index (χ1v) is 8.90. The van der Waals surface area contributed by atoms with E-state index < -0.39 is 16.1 Å². The predicted molar refractivity (Wildman–Crippen MR) is 81.2 cm³/mol. The Labute approximate surface area is 127 Å². The number of piperidine rings is 1. The van der Waals surface area contributed by atoms with Crippen molar-refractivity contribution in [2.75, 3.05) is 32.6 Å². The Morgan fingerprint density at radius 2 is 1.95 bits per heavy atom. The fourth-order valence-electron chi connectivity index (χ4n) is 2.37. The summed E-state index contributed by atoms with van der Waals surface area (Å²) in [7, 11) is -1.69. The van der Waals surface area contributed by atoms with E-state index in [0.717, 1.165) is 0 Å². The molecule has 0 aliphatic carbocycles. The lowest BCUT2D eigenvalue weighted by Gasteiger charge is -2.32. The molecular formula is C13H27N3O4S. The van der Waals surface area contributed by atoms with Gasteiger partial charge in [0.2, 0.25) is 15.9 Å². The minimum atomic E-state index is -3.18. The summed E-state index contributed by atoms with van der Waals surface area (Å²) in [5.74, 6) is 0.0303. The molecule has 0 radical (unpaired) electrons. The van der Waals surface area contributed by atoms with Gasteiger partial charge in [0.05, 0.1) is 12.4 Å². The molecule has 1 aliphatic rings. The number of methoxy groups -OCH3 is 1. The van der Waals surface area contributed by atoms with Crippen molar-refractivity contribution in [3.05, 3.63) is 0 Å². The third-order valence-electron chi connectivity index (χ3n) is 3.42. The lowest BCUT2D eigenvalue weighted by atomic mass is 10.1. The molecule has 0 bridgehead atoms. The Morgan fingerprint density at radius 1 is 1.38 bits per heavy atom. The highest BCUT2D eigenvalue weighted by molar-refractivity contribution is 7.89. The van der Waals surface area contributed by atoms with Crippen LogP contribution in [-0.2, 0) is 19.6 Å². The smallest absolute Gasteiger partial charge is 0.239 e. The van der Waals surface area contributed by atoms with Crippen LogP contribution in [0.3, 0.4) is 0 Å². The number of nitrogens with one attached hydrogen (secondary N) is 1. The topological polar surface area (TPSA) is 102 Å². The number of rotatable bonds is 7. The van der Waals surface area contributed by atoms with Crippen molar-refractivity contribution in [3.63, 3.8) is 0 Å². The van der Waals surface area contributed by atoms with Crippen molar-refractivity contribution in [2.24, 2.45) is 11.7 Å². The van der Waals surface area contributed by atoms with Gasteiger partial charge in [-0.2, -0.15) is 0 Å². The standard InChI is InChI=1S/C13H27N3O4S/c1-10(2)9-21(18,19)16-6-4-11(5-7-16)15-13(17)12(14)8-20-3/h10-12H,4-9,14H2,1-3H3,(H,15,17). The molecule has 1 saturated heterocycles. The average molecular weight is 321 g/mol. The molecule has 3 N–H and O–H groups in total. The summed E-state index contributed by atoms with van der Waals surface area (Å²) in [6.45, 7) is 4.84. The molecule has 0 aromatic carbocycles. The number of hydrogen-bond acceptors (Lipinski definition) is 5. The minimum Gasteiger partial charge on any atom is -0.383 e. The van der Waals surface area contributed by atoms with E-state index >= 15 is 0 Å². The van der Waals surface area contributed by atoms with Crippen LogP contribution in [0.4, 0.5) is 0 Å². The normalized spacial score (nSPS) is 19.7. The number of amides is 1. The number of carbonyl (C=O) groups is 1. The number of sulfonamides is 1. The number of nitrogens with zero attached hydrogens (tertiary/aromatic N) is 1. The van der Waals surface area contributed by atoms with Crippen LogP contribution in [0.25, 0.3) is 0 Å². The number of hydrogen-bond donors (Lipinski definition) is 2. The highest BCUT2D eigenvalue weighted by Gasteiger charge is 2.29. The van der Waals surface area contributed by atoms with Gasteiger partial charge >= 0.3 is 0 Å². The van der Waals surface area contributed by atoms with Crippen LogP contribution in [0.2, 0.25) is 0 Å². The van der Waals surface area contributed by atoms with Crippen molar-refractivity contribution < 1.29 is 17.9 Å². The van der Waals surface area contributed by atoms with Crippen LogP contribution >= 0.6 is 0 Å². The molecule has 1 amide bonds. The van der Waals surface area contributed by atoms with E-state index in [1.54, 1.807) is 0 Å². The van der Waals surface area contributed by atoms with Gasteiger partial charge in [-0.1, -0.05) is 13.8 Å². The predicted octanol–water partition coefficient (Wildman–Crippen LogP) is -0.473. The summed E-state index contributed by atoms with van der Waals surface area (Å²) >= 11 is 0. The number of carbonyl (C=O) groups excluding carboxylic acids is 1. The molecule has 0 spiro atoms. The lowest BCUT2D eigenvalue weighted by molar-refractivity contribution is -0.124. The van der Waals surface area contributed by atoms with Gasteiger partial charge in [-0.05, 0) is 18.8 Å². The van der Waals surface area contributed by atoms with E-state index in [1.165, 1.54) is 11.4 Å². The SMILES string of the molecule is COCC(N)C(=O)NC1CCN(S(=O)(=O)CC(C)C)CC1.